The molecule has 4 heteroatoms. The molecule has 100 valence electrons. The summed E-state index contributed by atoms with van der Waals surface area (Å²) in [6, 6.07) is 0.530. The fourth-order valence-electron chi connectivity index (χ4n) is 3.15. The predicted octanol–water partition coefficient (Wildman–Crippen LogP) is 2.56. The highest BCUT2D eigenvalue weighted by atomic mass is 16.1. The summed E-state index contributed by atoms with van der Waals surface area (Å²) in [4.78, 5) is 13.5. The Labute approximate surface area is 109 Å². The monoisotopic (exact) mass is 249 g/mol. The molecule has 0 saturated heterocycles. The lowest BCUT2D eigenvalue weighted by molar-refractivity contribution is 0.112. The number of hydrogen-bond acceptors (Lipinski definition) is 3. The van der Waals surface area contributed by atoms with Crippen molar-refractivity contribution in [2.24, 2.45) is 13.0 Å². The Kier molecular flexibility index (Phi) is 3.73. The zero-order chi connectivity index (χ0) is 13.3. The van der Waals surface area contributed by atoms with Gasteiger partial charge >= 0.3 is 0 Å². The van der Waals surface area contributed by atoms with Crippen molar-refractivity contribution >= 4 is 12.1 Å². The van der Waals surface area contributed by atoms with Crippen LogP contribution in [0.2, 0.25) is 0 Å². The van der Waals surface area contributed by atoms with Gasteiger partial charge in [0.25, 0.3) is 0 Å². The molecule has 2 atom stereocenters. The van der Waals surface area contributed by atoms with Gasteiger partial charge in [-0.3, -0.25) is 9.48 Å². The summed E-state index contributed by atoms with van der Waals surface area (Å²) >= 11 is 0. The Hall–Kier alpha value is -1.32. The molecule has 18 heavy (non-hydrogen) atoms. The van der Waals surface area contributed by atoms with E-state index in [4.69, 9.17) is 0 Å². The van der Waals surface area contributed by atoms with E-state index in [0.717, 1.165) is 29.3 Å². The number of carbonyl (C=O) groups is 1. The van der Waals surface area contributed by atoms with Crippen molar-refractivity contribution < 1.29 is 4.79 Å². The summed E-state index contributed by atoms with van der Waals surface area (Å²) in [6.45, 7) is 4.21. The van der Waals surface area contributed by atoms with Gasteiger partial charge in [0.15, 0.2) is 6.29 Å². The fraction of sp³-hybridized carbons (Fsp3) is 0.714. The van der Waals surface area contributed by atoms with Gasteiger partial charge in [0.1, 0.15) is 5.82 Å². The highest BCUT2D eigenvalue weighted by Gasteiger charge is 2.26. The minimum Gasteiger partial charge on any atom is -0.356 e. The highest BCUT2D eigenvalue weighted by molar-refractivity contribution is 5.84. The largest absolute Gasteiger partial charge is 0.356 e. The third-order valence-electron chi connectivity index (χ3n) is 4.15. The summed E-state index contributed by atoms with van der Waals surface area (Å²) in [6.07, 6.45) is 5.96. The van der Waals surface area contributed by atoms with Gasteiger partial charge in [0, 0.05) is 20.1 Å². The van der Waals surface area contributed by atoms with Crippen LogP contribution in [0, 0.1) is 12.8 Å². The van der Waals surface area contributed by atoms with Gasteiger partial charge in [-0.2, -0.15) is 5.10 Å². The SMILES string of the molecule is Cc1nn(C)c(N(C)C2CCCC(C)C2)c1C=O. The summed E-state index contributed by atoms with van der Waals surface area (Å²) < 4.78 is 1.83. The van der Waals surface area contributed by atoms with Crippen molar-refractivity contribution in [1.82, 2.24) is 9.78 Å². The number of nitrogens with zero attached hydrogens (tertiary/aromatic N) is 3. The maximum absolute atomic E-state index is 11.2. The van der Waals surface area contributed by atoms with Crippen LogP contribution in [0.3, 0.4) is 0 Å². The molecule has 0 aliphatic heterocycles. The first-order chi connectivity index (χ1) is 8.54. The van der Waals surface area contributed by atoms with Crippen LogP contribution in [0.25, 0.3) is 0 Å². The number of aldehydes is 1. The molecule has 0 spiro atoms. The maximum Gasteiger partial charge on any atom is 0.155 e. The van der Waals surface area contributed by atoms with Gasteiger partial charge in [0.05, 0.1) is 11.3 Å². The van der Waals surface area contributed by atoms with Gasteiger partial charge in [-0.25, -0.2) is 0 Å². The van der Waals surface area contributed by atoms with E-state index in [1.165, 1.54) is 25.7 Å². The fourth-order valence-corrected chi connectivity index (χ4v) is 3.15. The summed E-state index contributed by atoms with van der Waals surface area (Å²) in [7, 11) is 4.00. The topological polar surface area (TPSA) is 38.1 Å². The minimum atomic E-state index is 0.530. The molecule has 1 fully saturated rings. The van der Waals surface area contributed by atoms with Crippen molar-refractivity contribution in [3.8, 4) is 0 Å². The molecule has 1 aliphatic carbocycles. The predicted molar refractivity (Wildman–Crippen MR) is 73.2 cm³/mol. The maximum atomic E-state index is 11.2. The van der Waals surface area contributed by atoms with Gasteiger partial charge in [-0.15, -0.1) is 0 Å². The van der Waals surface area contributed by atoms with Crippen molar-refractivity contribution in [2.45, 2.75) is 45.6 Å². The number of aromatic nitrogens is 2. The molecular formula is C14H23N3O. The van der Waals surface area contributed by atoms with E-state index < -0.39 is 0 Å². The lowest BCUT2D eigenvalue weighted by Crippen LogP contribution is -2.37. The Morgan fingerprint density at radius 2 is 2.17 bits per heavy atom. The Morgan fingerprint density at radius 3 is 2.78 bits per heavy atom. The molecule has 1 aromatic rings. The number of hydrogen-bond donors (Lipinski definition) is 0. The minimum absolute atomic E-state index is 0.530. The standard InChI is InChI=1S/C14H23N3O/c1-10-6-5-7-12(8-10)16(3)14-13(9-18)11(2)15-17(14)4/h9-10,12H,5-8H2,1-4H3. The van der Waals surface area contributed by atoms with Crippen LogP contribution in [0.5, 0.6) is 0 Å². The van der Waals surface area contributed by atoms with E-state index in [0.29, 0.717) is 6.04 Å². The van der Waals surface area contributed by atoms with Crippen LogP contribution in [0.4, 0.5) is 5.82 Å². The molecule has 0 N–H and O–H groups in total. The number of anilines is 1. The number of rotatable bonds is 3. The molecule has 2 unspecified atom stereocenters. The molecule has 2 rings (SSSR count). The van der Waals surface area contributed by atoms with E-state index in [2.05, 4.69) is 24.0 Å². The van der Waals surface area contributed by atoms with E-state index in [9.17, 15) is 4.79 Å². The van der Waals surface area contributed by atoms with E-state index in [1.807, 2.05) is 18.7 Å². The first-order valence-electron chi connectivity index (χ1n) is 6.76. The quantitative estimate of drug-likeness (QED) is 0.773. The van der Waals surface area contributed by atoms with E-state index >= 15 is 0 Å². The van der Waals surface area contributed by atoms with Crippen molar-refractivity contribution in [1.29, 1.82) is 0 Å². The zero-order valence-electron chi connectivity index (χ0n) is 11.8. The first-order valence-corrected chi connectivity index (χ1v) is 6.76. The third-order valence-corrected chi connectivity index (χ3v) is 4.15. The lowest BCUT2D eigenvalue weighted by atomic mass is 9.86. The van der Waals surface area contributed by atoms with Crippen molar-refractivity contribution in [3.05, 3.63) is 11.3 Å². The van der Waals surface area contributed by atoms with Crippen LogP contribution >= 0.6 is 0 Å². The van der Waals surface area contributed by atoms with E-state index in [-0.39, 0.29) is 0 Å². The van der Waals surface area contributed by atoms with Crippen LogP contribution in [-0.4, -0.2) is 29.2 Å². The van der Waals surface area contributed by atoms with Gasteiger partial charge < -0.3 is 4.90 Å². The van der Waals surface area contributed by atoms with Crippen molar-refractivity contribution in [2.75, 3.05) is 11.9 Å². The van der Waals surface area contributed by atoms with Crippen LogP contribution < -0.4 is 4.90 Å². The zero-order valence-corrected chi connectivity index (χ0v) is 11.8. The lowest BCUT2D eigenvalue weighted by Gasteiger charge is -2.35. The molecule has 0 amide bonds. The molecule has 1 aromatic heterocycles. The summed E-state index contributed by atoms with van der Waals surface area (Å²) in [5.41, 5.74) is 1.55. The van der Waals surface area contributed by atoms with Crippen LogP contribution in [0.1, 0.15) is 48.7 Å². The molecule has 1 saturated carbocycles. The van der Waals surface area contributed by atoms with E-state index in [1.54, 1.807) is 0 Å². The molecule has 1 heterocycles. The summed E-state index contributed by atoms with van der Waals surface area (Å²) in [5.74, 6) is 1.74. The Bertz CT molecular complexity index is 438. The first kappa shape index (κ1) is 13.1. The van der Waals surface area contributed by atoms with Gasteiger partial charge in [0.2, 0.25) is 0 Å². The average Bonchev–Trinajstić information content (AvgIpc) is 2.62. The molecule has 0 radical (unpaired) electrons. The second-order valence-electron chi connectivity index (χ2n) is 5.60. The van der Waals surface area contributed by atoms with Crippen molar-refractivity contribution in [3.63, 3.8) is 0 Å². The van der Waals surface area contributed by atoms with Gasteiger partial charge in [-0.05, 0) is 25.7 Å². The number of aryl methyl sites for hydroxylation is 2. The molecular weight excluding hydrogens is 226 g/mol. The molecule has 4 nitrogen and oxygen atoms in total. The Balaban J connectivity index is 2.27. The third kappa shape index (κ3) is 2.28. The molecule has 0 bridgehead atoms. The Morgan fingerprint density at radius 1 is 1.44 bits per heavy atom. The molecule has 1 aliphatic rings. The normalized spacial score (nSPS) is 24.0. The van der Waals surface area contributed by atoms with Crippen LogP contribution in [0.15, 0.2) is 0 Å². The number of carbonyl (C=O) groups excluding carboxylic acids is 1. The van der Waals surface area contributed by atoms with Crippen LogP contribution in [-0.2, 0) is 7.05 Å². The highest BCUT2D eigenvalue weighted by Crippen LogP contribution is 2.31. The van der Waals surface area contributed by atoms with Gasteiger partial charge in [-0.1, -0.05) is 19.8 Å². The summed E-state index contributed by atoms with van der Waals surface area (Å²) in [5, 5.41) is 4.36. The second kappa shape index (κ2) is 5.12. The smallest absolute Gasteiger partial charge is 0.155 e. The second-order valence-corrected chi connectivity index (χ2v) is 5.60. The molecule has 0 aromatic carbocycles. The average molecular weight is 249 g/mol.